The van der Waals surface area contributed by atoms with Crippen LogP contribution in [-0.4, -0.2) is 0 Å². The third-order valence-electron chi connectivity index (χ3n) is 1.73. The minimum absolute atomic E-state index is 0.150. The fourth-order valence-electron chi connectivity index (χ4n) is 1.17. The van der Waals surface area contributed by atoms with Crippen molar-refractivity contribution in [1.82, 2.24) is 0 Å². The third-order valence-corrected chi connectivity index (χ3v) is 3.59. The van der Waals surface area contributed by atoms with Crippen LogP contribution in [0.5, 0.6) is 0 Å². The lowest BCUT2D eigenvalue weighted by Gasteiger charge is -1.93. The lowest BCUT2D eigenvalue weighted by Crippen LogP contribution is -1.82. The van der Waals surface area contributed by atoms with Crippen LogP contribution in [0.1, 0.15) is 5.56 Å². The summed E-state index contributed by atoms with van der Waals surface area (Å²) in [6.07, 6.45) is 0. The predicted molar refractivity (Wildman–Crippen MR) is 59.2 cm³/mol. The van der Waals surface area contributed by atoms with Crippen LogP contribution in [0.25, 0.3) is 10.1 Å². The molecule has 1 aromatic heterocycles. The SMILES string of the molecule is N#Cc1c(F)ccc2sc(I)cc12. The zero-order valence-corrected chi connectivity index (χ0v) is 9.32. The number of fused-ring (bicyclic) bond motifs is 1. The molecule has 0 atom stereocenters. The molecule has 0 unspecified atom stereocenters. The Morgan fingerprint density at radius 3 is 2.92 bits per heavy atom. The molecule has 0 aliphatic heterocycles. The molecule has 1 nitrogen and oxygen atoms in total. The largest absolute Gasteiger partial charge is 0.206 e. The van der Waals surface area contributed by atoms with Gasteiger partial charge in [0.25, 0.3) is 0 Å². The first-order valence-corrected chi connectivity index (χ1v) is 5.39. The van der Waals surface area contributed by atoms with Gasteiger partial charge in [0, 0.05) is 10.1 Å². The van der Waals surface area contributed by atoms with E-state index in [9.17, 15) is 4.39 Å². The maximum Gasteiger partial charge on any atom is 0.141 e. The predicted octanol–water partition coefficient (Wildman–Crippen LogP) is 3.52. The summed E-state index contributed by atoms with van der Waals surface area (Å²) < 4.78 is 15.1. The monoisotopic (exact) mass is 303 g/mol. The molecule has 0 N–H and O–H groups in total. The highest BCUT2D eigenvalue weighted by Gasteiger charge is 2.08. The molecule has 4 heteroatoms. The van der Waals surface area contributed by atoms with Crippen LogP contribution in [0, 0.1) is 20.0 Å². The number of rotatable bonds is 0. The fourth-order valence-corrected chi connectivity index (χ4v) is 2.98. The van der Waals surface area contributed by atoms with Crippen molar-refractivity contribution in [1.29, 1.82) is 5.26 Å². The van der Waals surface area contributed by atoms with E-state index in [2.05, 4.69) is 22.6 Å². The smallest absolute Gasteiger partial charge is 0.141 e. The molecule has 0 aliphatic rings. The first-order chi connectivity index (χ1) is 6.22. The van der Waals surface area contributed by atoms with Gasteiger partial charge in [0.15, 0.2) is 0 Å². The Labute approximate surface area is 91.9 Å². The minimum atomic E-state index is -0.441. The van der Waals surface area contributed by atoms with Crippen LogP contribution in [0.2, 0.25) is 0 Å². The number of nitrogens with zero attached hydrogens (tertiary/aromatic N) is 1. The average Bonchev–Trinajstić information content (AvgIpc) is 2.45. The third kappa shape index (κ3) is 1.42. The minimum Gasteiger partial charge on any atom is -0.206 e. The number of thiophene rings is 1. The van der Waals surface area contributed by atoms with Crippen molar-refractivity contribution in [3.8, 4) is 6.07 Å². The molecule has 2 aromatic rings. The molecular formula is C9H3FINS. The van der Waals surface area contributed by atoms with E-state index in [0.29, 0.717) is 0 Å². The van der Waals surface area contributed by atoms with Gasteiger partial charge in [-0.05, 0) is 40.8 Å². The van der Waals surface area contributed by atoms with Gasteiger partial charge in [0.05, 0.1) is 8.45 Å². The normalized spacial score (nSPS) is 10.2. The number of hydrogen-bond donors (Lipinski definition) is 0. The van der Waals surface area contributed by atoms with Gasteiger partial charge in [-0.25, -0.2) is 4.39 Å². The Morgan fingerprint density at radius 2 is 2.23 bits per heavy atom. The molecule has 1 heterocycles. The van der Waals surface area contributed by atoms with Crippen LogP contribution in [0.4, 0.5) is 4.39 Å². The summed E-state index contributed by atoms with van der Waals surface area (Å²) in [6, 6.07) is 6.76. The van der Waals surface area contributed by atoms with Crippen molar-refractivity contribution in [2.75, 3.05) is 0 Å². The first-order valence-electron chi connectivity index (χ1n) is 3.50. The molecule has 0 radical (unpaired) electrons. The highest BCUT2D eigenvalue weighted by molar-refractivity contribution is 14.1. The van der Waals surface area contributed by atoms with Gasteiger partial charge >= 0.3 is 0 Å². The Balaban J connectivity index is 2.93. The highest BCUT2D eigenvalue weighted by atomic mass is 127. The first kappa shape index (κ1) is 8.91. The van der Waals surface area contributed by atoms with E-state index in [1.54, 1.807) is 17.4 Å². The second kappa shape index (κ2) is 3.24. The summed E-state index contributed by atoms with van der Waals surface area (Å²) in [7, 11) is 0. The van der Waals surface area contributed by atoms with Gasteiger partial charge in [0.2, 0.25) is 0 Å². The summed E-state index contributed by atoms with van der Waals surface area (Å²) >= 11 is 3.72. The molecule has 0 bridgehead atoms. The van der Waals surface area contributed by atoms with Crippen LogP contribution < -0.4 is 0 Å². The van der Waals surface area contributed by atoms with Gasteiger partial charge in [0.1, 0.15) is 11.9 Å². The van der Waals surface area contributed by atoms with Crippen molar-refractivity contribution in [2.45, 2.75) is 0 Å². The van der Waals surface area contributed by atoms with Crippen molar-refractivity contribution < 1.29 is 4.39 Å². The van der Waals surface area contributed by atoms with Crippen LogP contribution in [0.15, 0.2) is 18.2 Å². The lowest BCUT2D eigenvalue weighted by atomic mass is 10.1. The van der Waals surface area contributed by atoms with Crippen molar-refractivity contribution in [2.24, 2.45) is 0 Å². The summed E-state index contributed by atoms with van der Waals surface area (Å²) in [4.78, 5) is 0. The Kier molecular flexibility index (Phi) is 2.22. The second-order valence-corrected chi connectivity index (χ2v) is 5.47. The van der Waals surface area contributed by atoms with E-state index in [1.165, 1.54) is 6.07 Å². The molecule has 0 spiro atoms. The molecule has 64 valence electrons. The maximum absolute atomic E-state index is 13.1. The van der Waals surface area contributed by atoms with E-state index >= 15 is 0 Å². The van der Waals surface area contributed by atoms with Crippen molar-refractivity contribution >= 4 is 44.0 Å². The summed E-state index contributed by atoms with van der Waals surface area (Å²) in [5, 5.41) is 9.46. The molecule has 0 saturated heterocycles. The van der Waals surface area contributed by atoms with Gasteiger partial charge < -0.3 is 0 Å². The van der Waals surface area contributed by atoms with Crippen LogP contribution in [-0.2, 0) is 0 Å². The van der Waals surface area contributed by atoms with E-state index in [-0.39, 0.29) is 5.56 Å². The standard InChI is InChI=1S/C9H3FINS/c10-7-1-2-8-5(6(7)4-12)3-9(11)13-8/h1-3H. The Hall–Kier alpha value is -0.670. The van der Waals surface area contributed by atoms with Gasteiger partial charge in [-0.15, -0.1) is 11.3 Å². The zero-order valence-electron chi connectivity index (χ0n) is 6.34. The molecule has 0 fully saturated rings. The number of hydrogen-bond acceptors (Lipinski definition) is 2. The lowest BCUT2D eigenvalue weighted by molar-refractivity contribution is 0.626. The molecule has 2 rings (SSSR count). The topological polar surface area (TPSA) is 23.8 Å². The van der Waals surface area contributed by atoms with Gasteiger partial charge in [-0.2, -0.15) is 5.26 Å². The molecule has 0 amide bonds. The van der Waals surface area contributed by atoms with E-state index in [4.69, 9.17) is 5.26 Å². The fraction of sp³-hybridized carbons (Fsp3) is 0. The Morgan fingerprint density at radius 1 is 1.46 bits per heavy atom. The molecule has 0 aliphatic carbocycles. The van der Waals surface area contributed by atoms with Crippen molar-refractivity contribution in [3.63, 3.8) is 0 Å². The van der Waals surface area contributed by atoms with Crippen LogP contribution in [0.3, 0.4) is 0 Å². The van der Waals surface area contributed by atoms with Crippen molar-refractivity contribution in [3.05, 3.63) is 32.5 Å². The van der Waals surface area contributed by atoms with Crippen LogP contribution >= 0.6 is 33.9 Å². The van der Waals surface area contributed by atoms with E-state index in [0.717, 1.165) is 13.0 Å². The second-order valence-electron chi connectivity index (χ2n) is 2.50. The number of halogens is 2. The zero-order chi connectivity index (χ0) is 9.42. The summed E-state index contributed by atoms with van der Waals surface area (Å²) in [6.45, 7) is 0. The van der Waals surface area contributed by atoms with Gasteiger partial charge in [-0.1, -0.05) is 0 Å². The summed E-state index contributed by atoms with van der Waals surface area (Å²) in [5.41, 5.74) is 0.150. The Bertz CT molecular complexity index is 512. The average molecular weight is 303 g/mol. The quantitative estimate of drug-likeness (QED) is 0.683. The highest BCUT2D eigenvalue weighted by Crippen LogP contribution is 2.30. The summed E-state index contributed by atoms with van der Waals surface area (Å²) in [5.74, 6) is -0.441. The molecule has 13 heavy (non-hydrogen) atoms. The van der Waals surface area contributed by atoms with Gasteiger partial charge in [-0.3, -0.25) is 0 Å². The molecular weight excluding hydrogens is 300 g/mol. The number of nitriles is 1. The molecule has 1 aromatic carbocycles. The van der Waals surface area contributed by atoms with E-state index < -0.39 is 5.82 Å². The number of benzene rings is 1. The maximum atomic E-state index is 13.1. The van der Waals surface area contributed by atoms with E-state index in [1.807, 2.05) is 12.1 Å². The molecule has 0 saturated carbocycles.